The van der Waals surface area contributed by atoms with Crippen molar-refractivity contribution in [2.75, 3.05) is 43.1 Å². The summed E-state index contributed by atoms with van der Waals surface area (Å²) in [5.74, 6) is -0.321. The number of nitrogens with one attached hydrogen (secondary N) is 1. The predicted octanol–water partition coefficient (Wildman–Crippen LogP) is 2.99. The van der Waals surface area contributed by atoms with Crippen molar-refractivity contribution in [2.24, 2.45) is 11.8 Å². The molecule has 0 bridgehead atoms. The lowest BCUT2D eigenvalue weighted by Crippen LogP contribution is -2.32. The summed E-state index contributed by atoms with van der Waals surface area (Å²) in [6, 6.07) is 15.1. The maximum Gasteiger partial charge on any atom is 0.329 e. The van der Waals surface area contributed by atoms with E-state index in [-0.39, 0.29) is 11.9 Å². The second-order valence-electron chi connectivity index (χ2n) is 7.86. The summed E-state index contributed by atoms with van der Waals surface area (Å²) in [7, 11) is 1.61. The number of ether oxygens (including phenoxy) is 1. The minimum Gasteiger partial charge on any atom is -0.497 e. The molecule has 7 nitrogen and oxygen atoms in total. The molecular formula is C23H27N3O4. The fraction of sp³-hybridized carbons (Fsp3) is 0.391. The van der Waals surface area contributed by atoms with E-state index in [0.29, 0.717) is 25.3 Å². The molecule has 0 radical (unpaired) electrons. The maximum atomic E-state index is 13.1. The highest BCUT2D eigenvalue weighted by Crippen LogP contribution is 2.29. The SMILES string of the molecule is COc1cccc(N2CCN(c3cccc(CC(C(=O)O)[C@H]4CCNC4)c3)C2=O)c1. The van der Waals surface area contributed by atoms with Crippen molar-refractivity contribution in [3.8, 4) is 5.75 Å². The Kier molecular flexibility index (Phi) is 5.90. The zero-order valence-corrected chi connectivity index (χ0v) is 17.1. The molecule has 1 unspecified atom stereocenters. The van der Waals surface area contributed by atoms with E-state index in [1.54, 1.807) is 16.9 Å². The van der Waals surface area contributed by atoms with Gasteiger partial charge in [-0.15, -0.1) is 0 Å². The minimum absolute atomic E-state index is 0.0878. The summed E-state index contributed by atoms with van der Waals surface area (Å²) in [6.45, 7) is 2.78. The largest absolute Gasteiger partial charge is 0.497 e. The van der Waals surface area contributed by atoms with Crippen LogP contribution in [0, 0.1) is 11.8 Å². The van der Waals surface area contributed by atoms with Gasteiger partial charge in [0.25, 0.3) is 0 Å². The molecule has 2 N–H and O–H groups in total. The average molecular weight is 409 g/mol. The Labute approximate surface area is 176 Å². The monoisotopic (exact) mass is 409 g/mol. The van der Waals surface area contributed by atoms with Crippen LogP contribution >= 0.6 is 0 Å². The molecule has 2 saturated heterocycles. The van der Waals surface area contributed by atoms with Crippen LogP contribution in [0.3, 0.4) is 0 Å². The molecule has 2 aromatic carbocycles. The summed E-state index contributed by atoms with van der Waals surface area (Å²) in [5.41, 5.74) is 2.55. The van der Waals surface area contributed by atoms with Crippen LogP contribution in [0.15, 0.2) is 48.5 Å². The summed E-state index contributed by atoms with van der Waals surface area (Å²) >= 11 is 0. The third-order valence-corrected chi connectivity index (χ3v) is 6.04. The number of benzene rings is 2. The van der Waals surface area contributed by atoms with E-state index in [2.05, 4.69) is 5.32 Å². The molecule has 30 heavy (non-hydrogen) atoms. The average Bonchev–Trinajstić information content (AvgIpc) is 3.42. The number of carbonyl (C=O) groups excluding carboxylic acids is 1. The molecule has 2 aromatic rings. The lowest BCUT2D eigenvalue weighted by molar-refractivity contribution is -0.143. The molecule has 4 rings (SSSR count). The molecule has 7 heteroatoms. The summed E-state index contributed by atoms with van der Waals surface area (Å²) < 4.78 is 5.27. The highest BCUT2D eigenvalue weighted by molar-refractivity contribution is 6.06. The standard InChI is InChI=1S/C23H27N3O4/c1-30-20-7-3-6-19(14-20)26-11-10-25(23(26)29)18-5-2-4-16(12-18)13-21(22(27)28)17-8-9-24-15-17/h2-7,12,14,17,21,24H,8-11,13,15H2,1H3,(H,27,28)/t17-,21?/m0/s1. The van der Waals surface area contributed by atoms with E-state index in [9.17, 15) is 14.7 Å². The molecule has 0 spiro atoms. The Bertz CT molecular complexity index is 926. The number of nitrogens with zero attached hydrogens (tertiary/aromatic N) is 2. The minimum atomic E-state index is -0.754. The zero-order valence-electron chi connectivity index (χ0n) is 17.1. The Morgan fingerprint density at radius 1 is 1.17 bits per heavy atom. The molecule has 0 aliphatic carbocycles. The van der Waals surface area contributed by atoms with Crippen molar-refractivity contribution in [3.05, 3.63) is 54.1 Å². The number of hydrogen-bond acceptors (Lipinski definition) is 4. The fourth-order valence-electron chi connectivity index (χ4n) is 4.38. The van der Waals surface area contributed by atoms with Gasteiger partial charge in [0.1, 0.15) is 5.75 Å². The molecule has 0 aromatic heterocycles. The first-order chi connectivity index (χ1) is 14.6. The predicted molar refractivity (Wildman–Crippen MR) is 115 cm³/mol. The van der Waals surface area contributed by atoms with Crippen LogP contribution in [0.25, 0.3) is 0 Å². The molecule has 158 valence electrons. The van der Waals surface area contributed by atoms with Gasteiger partial charge in [-0.2, -0.15) is 0 Å². The number of methoxy groups -OCH3 is 1. The number of carbonyl (C=O) groups is 2. The lowest BCUT2D eigenvalue weighted by Gasteiger charge is -2.21. The van der Waals surface area contributed by atoms with Gasteiger partial charge in [0.2, 0.25) is 0 Å². The van der Waals surface area contributed by atoms with Crippen molar-refractivity contribution < 1.29 is 19.4 Å². The van der Waals surface area contributed by atoms with Crippen LogP contribution in [-0.2, 0) is 11.2 Å². The molecule has 2 heterocycles. The number of urea groups is 1. The van der Waals surface area contributed by atoms with Crippen molar-refractivity contribution in [1.82, 2.24) is 5.32 Å². The molecule has 2 atom stereocenters. The van der Waals surface area contributed by atoms with Gasteiger partial charge in [0, 0.05) is 30.5 Å². The first-order valence-electron chi connectivity index (χ1n) is 10.3. The van der Waals surface area contributed by atoms with E-state index in [0.717, 1.165) is 36.4 Å². The topological polar surface area (TPSA) is 82.1 Å². The van der Waals surface area contributed by atoms with Crippen LogP contribution in [0.4, 0.5) is 16.2 Å². The normalized spacial score (nSPS) is 19.9. The number of rotatable bonds is 7. The van der Waals surface area contributed by atoms with Gasteiger partial charge in [-0.3, -0.25) is 14.6 Å². The summed E-state index contributed by atoms with van der Waals surface area (Å²) in [5, 5.41) is 13.0. The van der Waals surface area contributed by atoms with Crippen LogP contribution in [-0.4, -0.2) is 50.4 Å². The van der Waals surface area contributed by atoms with Crippen molar-refractivity contribution in [1.29, 1.82) is 0 Å². The van der Waals surface area contributed by atoms with Gasteiger partial charge in [0.05, 0.1) is 13.0 Å². The van der Waals surface area contributed by atoms with E-state index in [1.165, 1.54) is 0 Å². The first kappa shape index (κ1) is 20.2. The molecule has 2 aliphatic heterocycles. The van der Waals surface area contributed by atoms with E-state index in [1.807, 2.05) is 48.5 Å². The van der Waals surface area contributed by atoms with Crippen molar-refractivity contribution >= 4 is 23.4 Å². The number of aliphatic carboxylic acids is 1. The number of carboxylic acids is 1. The molecular weight excluding hydrogens is 382 g/mol. The summed E-state index contributed by atoms with van der Waals surface area (Å²) in [4.78, 5) is 28.4. The second-order valence-corrected chi connectivity index (χ2v) is 7.86. The highest BCUT2D eigenvalue weighted by atomic mass is 16.5. The van der Waals surface area contributed by atoms with Gasteiger partial charge in [0.15, 0.2) is 0 Å². The van der Waals surface area contributed by atoms with Gasteiger partial charge >= 0.3 is 12.0 Å². The van der Waals surface area contributed by atoms with Crippen molar-refractivity contribution in [2.45, 2.75) is 12.8 Å². The first-order valence-corrected chi connectivity index (χ1v) is 10.3. The zero-order chi connectivity index (χ0) is 21.1. The third-order valence-electron chi connectivity index (χ3n) is 6.04. The van der Waals surface area contributed by atoms with E-state index >= 15 is 0 Å². The van der Waals surface area contributed by atoms with Gasteiger partial charge in [-0.25, -0.2) is 4.79 Å². The Hall–Kier alpha value is -3.06. The molecule has 0 saturated carbocycles. The van der Waals surface area contributed by atoms with Crippen LogP contribution in [0.1, 0.15) is 12.0 Å². The summed E-state index contributed by atoms with van der Waals surface area (Å²) in [6.07, 6.45) is 1.36. The Balaban J connectivity index is 1.51. The third kappa shape index (κ3) is 4.11. The number of hydrogen-bond donors (Lipinski definition) is 2. The fourth-order valence-corrected chi connectivity index (χ4v) is 4.38. The number of anilines is 2. The lowest BCUT2D eigenvalue weighted by atomic mass is 9.86. The van der Waals surface area contributed by atoms with E-state index in [4.69, 9.17) is 4.74 Å². The highest BCUT2D eigenvalue weighted by Gasteiger charge is 2.32. The molecule has 2 amide bonds. The van der Waals surface area contributed by atoms with Gasteiger partial charge in [-0.1, -0.05) is 18.2 Å². The van der Waals surface area contributed by atoms with Crippen LogP contribution < -0.4 is 19.9 Å². The smallest absolute Gasteiger partial charge is 0.329 e. The Morgan fingerprint density at radius 3 is 2.50 bits per heavy atom. The van der Waals surface area contributed by atoms with Crippen LogP contribution in [0.2, 0.25) is 0 Å². The van der Waals surface area contributed by atoms with E-state index < -0.39 is 11.9 Å². The number of carboxylic acid groups (broad SMARTS) is 1. The quantitative estimate of drug-likeness (QED) is 0.735. The van der Waals surface area contributed by atoms with Crippen LogP contribution in [0.5, 0.6) is 5.75 Å². The van der Waals surface area contributed by atoms with Gasteiger partial charge < -0.3 is 15.2 Å². The molecule has 2 fully saturated rings. The second kappa shape index (κ2) is 8.75. The van der Waals surface area contributed by atoms with Gasteiger partial charge in [-0.05, 0) is 61.7 Å². The molecule has 2 aliphatic rings. The number of amides is 2. The maximum absolute atomic E-state index is 13.1. The van der Waals surface area contributed by atoms with Crippen molar-refractivity contribution in [3.63, 3.8) is 0 Å². The Morgan fingerprint density at radius 2 is 1.87 bits per heavy atom.